The highest BCUT2D eigenvalue weighted by Crippen LogP contribution is 2.56. The number of halogens is 1. The van der Waals surface area contributed by atoms with Crippen molar-refractivity contribution in [2.45, 2.75) is 18.2 Å². The van der Waals surface area contributed by atoms with E-state index >= 15 is 0 Å². The monoisotopic (exact) mass is 481 g/mol. The Hall–Kier alpha value is -2.84. The van der Waals surface area contributed by atoms with Crippen LogP contribution < -0.4 is 14.8 Å². The summed E-state index contributed by atoms with van der Waals surface area (Å²) in [5.74, 6) is 0.938. The van der Waals surface area contributed by atoms with E-state index in [4.69, 9.17) is 14.6 Å². The molecule has 0 saturated heterocycles. The molecule has 6 nitrogen and oxygen atoms in total. The fourth-order valence-electron chi connectivity index (χ4n) is 4.46. The summed E-state index contributed by atoms with van der Waals surface area (Å²) in [5.41, 5.74) is 1.97. The molecule has 0 bridgehead atoms. The molecule has 1 N–H and O–H groups in total. The van der Waals surface area contributed by atoms with Crippen LogP contribution in [0.3, 0.4) is 0 Å². The standard InChI is InChI=1S/C22H16BrN3O3S/c1-28-18-5-2-4-13-17-11-16(19-6-3-9-30-19)25-26(17)22(29-20(13)18)14-10-12(23)7-8-15(14)24-21(22)27/h2-10,17H,11H2,1H3,(H,24,27)/t17-,22+/m0/s1. The van der Waals surface area contributed by atoms with Gasteiger partial charge in [-0.2, -0.15) is 5.10 Å². The molecule has 8 heteroatoms. The summed E-state index contributed by atoms with van der Waals surface area (Å²) in [6, 6.07) is 15.4. The Labute approximate surface area is 185 Å². The predicted octanol–water partition coefficient (Wildman–Crippen LogP) is 4.87. The molecule has 0 saturated carbocycles. The van der Waals surface area contributed by atoms with Gasteiger partial charge in [0.2, 0.25) is 0 Å². The summed E-state index contributed by atoms with van der Waals surface area (Å²) in [6.45, 7) is 0. The van der Waals surface area contributed by atoms with Crippen LogP contribution >= 0.6 is 27.3 Å². The zero-order valence-electron chi connectivity index (χ0n) is 15.9. The lowest BCUT2D eigenvalue weighted by atomic mass is 9.93. The first-order valence-corrected chi connectivity index (χ1v) is 11.2. The van der Waals surface area contributed by atoms with Gasteiger partial charge >= 0.3 is 5.72 Å². The topological polar surface area (TPSA) is 63.2 Å². The number of hydrogen-bond donors (Lipinski definition) is 1. The minimum absolute atomic E-state index is 0.142. The summed E-state index contributed by atoms with van der Waals surface area (Å²) in [4.78, 5) is 14.6. The van der Waals surface area contributed by atoms with Crippen molar-refractivity contribution in [3.8, 4) is 11.5 Å². The van der Waals surface area contributed by atoms with Gasteiger partial charge in [-0.15, -0.1) is 11.3 Å². The first-order chi connectivity index (χ1) is 14.6. The summed E-state index contributed by atoms with van der Waals surface area (Å²) >= 11 is 5.18. The molecule has 1 spiro atoms. The summed E-state index contributed by atoms with van der Waals surface area (Å²) < 4.78 is 13.0. The van der Waals surface area contributed by atoms with Crippen molar-refractivity contribution < 1.29 is 14.3 Å². The Morgan fingerprint density at radius 2 is 2.20 bits per heavy atom. The highest BCUT2D eigenvalue weighted by atomic mass is 79.9. The lowest BCUT2D eigenvalue weighted by molar-refractivity contribution is -0.161. The minimum atomic E-state index is -1.40. The van der Waals surface area contributed by atoms with E-state index in [1.165, 1.54) is 0 Å². The van der Waals surface area contributed by atoms with Crippen molar-refractivity contribution in [3.05, 3.63) is 74.4 Å². The fraction of sp³-hybridized carbons (Fsp3) is 0.182. The number of hydrogen-bond acceptors (Lipinski definition) is 6. The maximum absolute atomic E-state index is 13.5. The molecule has 0 aliphatic carbocycles. The average molecular weight is 482 g/mol. The van der Waals surface area contributed by atoms with Gasteiger partial charge in [0.05, 0.1) is 35.0 Å². The maximum Gasteiger partial charge on any atom is 0.306 e. The third kappa shape index (κ3) is 2.29. The van der Waals surface area contributed by atoms with Crippen molar-refractivity contribution in [1.29, 1.82) is 0 Å². The van der Waals surface area contributed by atoms with Gasteiger partial charge in [-0.1, -0.05) is 34.1 Å². The zero-order valence-corrected chi connectivity index (χ0v) is 18.3. The van der Waals surface area contributed by atoms with E-state index in [2.05, 4.69) is 27.3 Å². The normalized spacial score (nSPS) is 23.4. The molecular weight excluding hydrogens is 466 g/mol. The molecule has 1 amide bonds. The highest BCUT2D eigenvalue weighted by molar-refractivity contribution is 9.10. The van der Waals surface area contributed by atoms with Gasteiger partial charge in [0.15, 0.2) is 11.5 Å². The van der Waals surface area contributed by atoms with Crippen LogP contribution in [0.1, 0.15) is 28.5 Å². The number of carbonyl (C=O) groups excluding carboxylic acids is 1. The van der Waals surface area contributed by atoms with E-state index in [0.29, 0.717) is 17.9 Å². The molecular formula is C22H16BrN3O3S. The number of fused-ring (bicyclic) bond motifs is 6. The van der Waals surface area contributed by atoms with Gasteiger partial charge in [-0.05, 0) is 35.7 Å². The largest absolute Gasteiger partial charge is 0.493 e. The molecule has 0 radical (unpaired) electrons. The number of hydrazone groups is 1. The Bertz CT molecular complexity index is 1230. The molecule has 2 aromatic carbocycles. The Balaban J connectivity index is 1.62. The van der Waals surface area contributed by atoms with E-state index in [9.17, 15) is 4.79 Å². The SMILES string of the molecule is COc1cccc2c1O[C@]1(C(=O)Nc3ccc(Br)cc31)N1N=C(c3cccs3)C[C@@H]21. The number of ether oxygens (including phenoxy) is 2. The molecule has 3 aliphatic rings. The van der Waals surface area contributed by atoms with Crippen LogP contribution in [-0.4, -0.2) is 23.7 Å². The van der Waals surface area contributed by atoms with Crippen molar-refractivity contribution in [1.82, 2.24) is 5.01 Å². The number of rotatable bonds is 2. The molecule has 0 fully saturated rings. The second kappa shape index (κ2) is 6.33. The number of amides is 1. The lowest BCUT2D eigenvalue weighted by Gasteiger charge is -2.44. The Morgan fingerprint density at radius 3 is 3.00 bits per heavy atom. The van der Waals surface area contributed by atoms with Crippen LogP contribution in [0.4, 0.5) is 5.69 Å². The van der Waals surface area contributed by atoms with E-state index in [1.54, 1.807) is 18.4 Å². The summed E-state index contributed by atoms with van der Waals surface area (Å²) in [7, 11) is 1.61. The second-order valence-electron chi connectivity index (χ2n) is 7.36. The van der Waals surface area contributed by atoms with Gasteiger partial charge < -0.3 is 14.8 Å². The predicted molar refractivity (Wildman–Crippen MR) is 118 cm³/mol. The van der Waals surface area contributed by atoms with Crippen LogP contribution in [0, 0.1) is 0 Å². The number of para-hydroxylation sites is 1. The zero-order chi connectivity index (χ0) is 20.5. The molecule has 1 aromatic heterocycles. The highest BCUT2D eigenvalue weighted by Gasteiger charge is 2.61. The number of carbonyl (C=O) groups is 1. The van der Waals surface area contributed by atoms with E-state index in [0.717, 1.165) is 31.9 Å². The van der Waals surface area contributed by atoms with E-state index in [-0.39, 0.29) is 11.9 Å². The van der Waals surface area contributed by atoms with Crippen molar-refractivity contribution in [2.24, 2.45) is 5.10 Å². The van der Waals surface area contributed by atoms with Crippen molar-refractivity contribution in [2.75, 3.05) is 12.4 Å². The number of benzene rings is 2. The van der Waals surface area contributed by atoms with Crippen LogP contribution in [0.15, 0.2) is 63.5 Å². The molecule has 6 rings (SSSR count). The Morgan fingerprint density at radius 1 is 1.30 bits per heavy atom. The number of nitrogens with zero attached hydrogens (tertiary/aromatic N) is 2. The maximum atomic E-state index is 13.5. The third-order valence-corrected chi connectivity index (χ3v) is 7.19. The molecule has 3 aromatic rings. The molecule has 150 valence electrons. The number of thiophene rings is 1. The third-order valence-electron chi connectivity index (χ3n) is 5.78. The van der Waals surface area contributed by atoms with Gasteiger partial charge in [-0.3, -0.25) is 4.79 Å². The Kier molecular flexibility index (Phi) is 3.79. The molecule has 2 atom stereocenters. The average Bonchev–Trinajstić information content (AvgIpc) is 3.48. The van der Waals surface area contributed by atoms with Crippen molar-refractivity contribution >= 4 is 44.6 Å². The summed E-state index contributed by atoms with van der Waals surface area (Å²) in [5, 5.41) is 11.8. The number of anilines is 1. The van der Waals surface area contributed by atoms with Crippen LogP contribution in [0.2, 0.25) is 0 Å². The van der Waals surface area contributed by atoms with Crippen LogP contribution in [-0.2, 0) is 10.5 Å². The van der Waals surface area contributed by atoms with E-state index in [1.807, 2.05) is 52.9 Å². The van der Waals surface area contributed by atoms with E-state index < -0.39 is 5.72 Å². The molecule has 30 heavy (non-hydrogen) atoms. The van der Waals surface area contributed by atoms with Gasteiger partial charge in [0.1, 0.15) is 0 Å². The van der Waals surface area contributed by atoms with Crippen LogP contribution in [0.25, 0.3) is 0 Å². The lowest BCUT2D eigenvalue weighted by Crippen LogP contribution is -2.55. The first kappa shape index (κ1) is 18.0. The second-order valence-corrected chi connectivity index (χ2v) is 9.22. The van der Waals surface area contributed by atoms with Gasteiger partial charge in [-0.25, -0.2) is 5.01 Å². The fourth-order valence-corrected chi connectivity index (χ4v) is 5.54. The minimum Gasteiger partial charge on any atom is -0.493 e. The molecule has 3 aliphatic heterocycles. The van der Waals surface area contributed by atoms with Crippen LogP contribution in [0.5, 0.6) is 11.5 Å². The molecule has 4 heterocycles. The molecule has 0 unspecified atom stereocenters. The number of nitrogens with one attached hydrogen (secondary N) is 1. The van der Waals surface area contributed by atoms with Gasteiger partial charge in [0.25, 0.3) is 5.91 Å². The number of methoxy groups -OCH3 is 1. The summed E-state index contributed by atoms with van der Waals surface area (Å²) in [6.07, 6.45) is 0.683. The first-order valence-electron chi connectivity index (χ1n) is 9.50. The quantitative estimate of drug-likeness (QED) is 0.567. The smallest absolute Gasteiger partial charge is 0.306 e. The van der Waals surface area contributed by atoms with Crippen molar-refractivity contribution in [3.63, 3.8) is 0 Å². The van der Waals surface area contributed by atoms with Gasteiger partial charge in [0, 0.05) is 16.5 Å².